The summed E-state index contributed by atoms with van der Waals surface area (Å²) in [5.74, 6) is 1.36. The van der Waals surface area contributed by atoms with Crippen LogP contribution < -0.4 is 25.4 Å². The molecule has 1 atom stereocenters. The lowest BCUT2D eigenvalue weighted by Crippen LogP contribution is -2.50. The second-order valence-corrected chi connectivity index (χ2v) is 7.24. The summed E-state index contributed by atoms with van der Waals surface area (Å²) in [7, 11) is 3.24. The summed E-state index contributed by atoms with van der Waals surface area (Å²) in [6.45, 7) is 9.31. The molecule has 0 aliphatic carbocycles. The predicted octanol–water partition coefficient (Wildman–Crippen LogP) is 2.37. The minimum absolute atomic E-state index is 0.0643. The third kappa shape index (κ3) is 5.28. The first kappa shape index (κ1) is 21.8. The quantitative estimate of drug-likeness (QED) is 0.477. The average Bonchev–Trinajstić information content (AvgIpc) is 2.68. The Hall–Kier alpha value is -2.48. The summed E-state index contributed by atoms with van der Waals surface area (Å²) in [4.78, 5) is 14.2. The van der Waals surface area contributed by atoms with Crippen molar-refractivity contribution < 1.29 is 14.3 Å². The van der Waals surface area contributed by atoms with Gasteiger partial charge in [0.15, 0.2) is 16.6 Å². The Morgan fingerprint density at radius 2 is 2.00 bits per heavy atom. The molecule has 1 aliphatic rings. The summed E-state index contributed by atoms with van der Waals surface area (Å²) < 4.78 is 10.9. The molecule has 7 nitrogen and oxygen atoms in total. The van der Waals surface area contributed by atoms with Crippen LogP contribution in [0.1, 0.15) is 31.0 Å². The van der Waals surface area contributed by atoms with Gasteiger partial charge in [-0.3, -0.25) is 0 Å². The molecule has 1 heterocycles. The van der Waals surface area contributed by atoms with Gasteiger partial charge < -0.3 is 30.3 Å². The monoisotopic (exact) mass is 406 g/mol. The number of urea groups is 1. The number of nitrogens with zero attached hydrogens (tertiary/aromatic N) is 1. The minimum atomic E-state index is -0.201. The molecule has 1 aromatic rings. The molecule has 0 bridgehead atoms. The van der Waals surface area contributed by atoms with E-state index in [0.29, 0.717) is 29.7 Å². The van der Waals surface area contributed by atoms with E-state index in [2.05, 4.69) is 27.4 Å². The molecule has 0 radical (unpaired) electrons. The van der Waals surface area contributed by atoms with Crippen LogP contribution in [0.5, 0.6) is 11.5 Å². The molecule has 0 saturated carbocycles. The van der Waals surface area contributed by atoms with E-state index in [-0.39, 0.29) is 18.1 Å². The van der Waals surface area contributed by atoms with Crippen LogP contribution in [0.3, 0.4) is 0 Å². The Labute approximate surface area is 172 Å². The highest BCUT2D eigenvalue weighted by atomic mass is 32.1. The van der Waals surface area contributed by atoms with E-state index >= 15 is 0 Å². The van der Waals surface area contributed by atoms with Crippen LogP contribution in [0.15, 0.2) is 24.8 Å². The number of fused-ring (bicyclic) bond motifs is 1. The van der Waals surface area contributed by atoms with Crippen molar-refractivity contribution in [3.63, 3.8) is 0 Å². The SMILES string of the molecule is C=CCNC(=S)N1CCc2cc(OC)c(OC)cc2C1CNC(=O)NC(C)C. The summed E-state index contributed by atoms with van der Waals surface area (Å²) >= 11 is 5.59. The highest BCUT2D eigenvalue weighted by molar-refractivity contribution is 7.80. The topological polar surface area (TPSA) is 74.9 Å². The zero-order valence-corrected chi connectivity index (χ0v) is 17.8. The summed E-state index contributed by atoms with van der Waals surface area (Å²) in [5.41, 5.74) is 2.23. The Morgan fingerprint density at radius 3 is 2.61 bits per heavy atom. The van der Waals surface area contributed by atoms with Gasteiger partial charge in [-0.1, -0.05) is 6.08 Å². The number of thiocarbonyl (C=S) groups is 1. The number of carbonyl (C=O) groups excluding carboxylic acids is 1. The molecule has 1 unspecified atom stereocenters. The third-order valence-corrected chi connectivity index (χ3v) is 4.92. The number of methoxy groups -OCH3 is 2. The normalized spacial score (nSPS) is 15.5. The van der Waals surface area contributed by atoms with Crippen LogP contribution >= 0.6 is 12.2 Å². The zero-order chi connectivity index (χ0) is 20.7. The van der Waals surface area contributed by atoms with Gasteiger partial charge >= 0.3 is 6.03 Å². The number of amides is 2. The molecule has 1 aromatic carbocycles. The smallest absolute Gasteiger partial charge is 0.315 e. The summed E-state index contributed by atoms with van der Waals surface area (Å²) in [5, 5.41) is 9.64. The van der Waals surface area contributed by atoms with Gasteiger partial charge in [-0.05, 0) is 55.7 Å². The first-order valence-corrected chi connectivity index (χ1v) is 9.76. The van der Waals surface area contributed by atoms with Crippen molar-refractivity contribution in [2.45, 2.75) is 32.4 Å². The van der Waals surface area contributed by atoms with Gasteiger partial charge in [-0.2, -0.15) is 0 Å². The number of rotatable bonds is 7. The van der Waals surface area contributed by atoms with Gasteiger partial charge in [-0.25, -0.2) is 4.79 Å². The van der Waals surface area contributed by atoms with E-state index in [1.165, 1.54) is 0 Å². The maximum absolute atomic E-state index is 12.1. The van der Waals surface area contributed by atoms with Crippen LogP contribution in [-0.2, 0) is 6.42 Å². The molecular weight excluding hydrogens is 376 g/mol. The van der Waals surface area contributed by atoms with Gasteiger partial charge in [0.25, 0.3) is 0 Å². The van der Waals surface area contributed by atoms with E-state index < -0.39 is 0 Å². The van der Waals surface area contributed by atoms with Crippen LogP contribution in [0.25, 0.3) is 0 Å². The average molecular weight is 407 g/mol. The van der Waals surface area contributed by atoms with Gasteiger partial charge in [0.1, 0.15) is 0 Å². The first-order valence-electron chi connectivity index (χ1n) is 9.35. The molecule has 0 saturated heterocycles. The number of hydrogen-bond acceptors (Lipinski definition) is 4. The fourth-order valence-corrected chi connectivity index (χ4v) is 3.56. The van der Waals surface area contributed by atoms with Gasteiger partial charge in [-0.15, -0.1) is 6.58 Å². The number of carbonyl (C=O) groups is 1. The largest absolute Gasteiger partial charge is 0.493 e. The van der Waals surface area contributed by atoms with E-state index in [9.17, 15) is 4.79 Å². The van der Waals surface area contributed by atoms with Crippen LogP contribution in [0.4, 0.5) is 4.79 Å². The maximum Gasteiger partial charge on any atom is 0.315 e. The van der Waals surface area contributed by atoms with Crippen LogP contribution in [0.2, 0.25) is 0 Å². The summed E-state index contributed by atoms with van der Waals surface area (Å²) in [6, 6.07) is 3.73. The highest BCUT2D eigenvalue weighted by Gasteiger charge is 2.31. The molecule has 2 amide bonds. The molecule has 0 spiro atoms. The number of ether oxygens (including phenoxy) is 2. The minimum Gasteiger partial charge on any atom is -0.493 e. The lowest BCUT2D eigenvalue weighted by Gasteiger charge is -2.39. The third-order valence-electron chi connectivity index (χ3n) is 4.54. The molecule has 154 valence electrons. The molecule has 2 rings (SSSR count). The second kappa shape index (κ2) is 10.2. The van der Waals surface area contributed by atoms with E-state index in [0.717, 1.165) is 24.1 Å². The van der Waals surface area contributed by atoms with Crippen molar-refractivity contribution in [2.75, 3.05) is 33.9 Å². The summed E-state index contributed by atoms with van der Waals surface area (Å²) in [6.07, 6.45) is 2.59. The molecule has 0 fully saturated rings. The molecule has 8 heteroatoms. The number of nitrogens with one attached hydrogen (secondary N) is 3. The molecular formula is C20H30N4O3S. The van der Waals surface area contributed by atoms with Crippen molar-refractivity contribution in [3.05, 3.63) is 35.9 Å². The fraction of sp³-hybridized carbons (Fsp3) is 0.500. The van der Waals surface area contributed by atoms with Crippen molar-refractivity contribution in [2.24, 2.45) is 0 Å². The lowest BCUT2D eigenvalue weighted by molar-refractivity contribution is 0.230. The first-order chi connectivity index (χ1) is 13.4. The second-order valence-electron chi connectivity index (χ2n) is 6.85. The van der Waals surface area contributed by atoms with E-state index in [1.807, 2.05) is 26.0 Å². The number of benzene rings is 1. The molecule has 1 aliphatic heterocycles. The van der Waals surface area contributed by atoms with Crippen molar-refractivity contribution >= 4 is 23.4 Å². The van der Waals surface area contributed by atoms with Crippen LogP contribution in [-0.4, -0.2) is 55.9 Å². The predicted molar refractivity (Wildman–Crippen MR) is 115 cm³/mol. The van der Waals surface area contributed by atoms with Gasteiger partial charge in [0.05, 0.1) is 20.3 Å². The van der Waals surface area contributed by atoms with E-state index in [4.69, 9.17) is 21.7 Å². The Morgan fingerprint density at radius 1 is 1.32 bits per heavy atom. The Bertz CT molecular complexity index is 724. The maximum atomic E-state index is 12.1. The Kier molecular flexibility index (Phi) is 7.92. The Balaban J connectivity index is 2.32. The fourth-order valence-electron chi connectivity index (χ4n) is 3.25. The van der Waals surface area contributed by atoms with Gasteiger partial charge in [0, 0.05) is 25.7 Å². The van der Waals surface area contributed by atoms with Crippen LogP contribution in [0, 0.1) is 0 Å². The van der Waals surface area contributed by atoms with Crippen molar-refractivity contribution in [1.82, 2.24) is 20.9 Å². The standard InChI is InChI=1S/C20H30N4O3S/c1-6-8-21-20(28)24-9-7-14-10-17(26-4)18(27-5)11-15(14)16(24)12-22-19(25)23-13(2)3/h6,10-11,13,16H,1,7-9,12H2,2-5H3,(H,21,28)(H2,22,23,25). The van der Waals surface area contributed by atoms with Crippen molar-refractivity contribution in [3.8, 4) is 11.5 Å². The van der Waals surface area contributed by atoms with Crippen molar-refractivity contribution in [1.29, 1.82) is 0 Å². The number of hydrogen-bond donors (Lipinski definition) is 3. The zero-order valence-electron chi connectivity index (χ0n) is 17.0. The lowest BCUT2D eigenvalue weighted by atomic mass is 9.92. The molecule has 0 aromatic heterocycles. The van der Waals surface area contributed by atoms with E-state index in [1.54, 1.807) is 20.3 Å². The molecule has 28 heavy (non-hydrogen) atoms. The highest BCUT2D eigenvalue weighted by Crippen LogP contribution is 2.38. The van der Waals surface area contributed by atoms with Gasteiger partial charge in [0.2, 0.25) is 0 Å². The molecule has 3 N–H and O–H groups in total.